The summed E-state index contributed by atoms with van der Waals surface area (Å²) in [5, 5.41) is 19.1. The lowest BCUT2D eigenvalue weighted by atomic mass is 10.1. The van der Waals surface area contributed by atoms with E-state index in [1.807, 2.05) is 48.5 Å². The van der Waals surface area contributed by atoms with Crippen molar-refractivity contribution in [1.82, 2.24) is 25.3 Å². The van der Waals surface area contributed by atoms with E-state index in [2.05, 4.69) is 50.2 Å². The zero-order chi connectivity index (χ0) is 17.6. The monoisotopic (exact) mass is 346 g/mol. The molecule has 1 atom stereocenters. The van der Waals surface area contributed by atoms with Gasteiger partial charge in [0.2, 0.25) is 0 Å². The molecule has 0 fully saturated rings. The van der Waals surface area contributed by atoms with Crippen molar-refractivity contribution >= 4 is 11.5 Å². The number of hydrogen-bond acceptors (Lipinski definition) is 6. The molecule has 0 bridgehead atoms. The molecule has 7 nitrogen and oxygen atoms in total. The zero-order valence-electron chi connectivity index (χ0n) is 14.1. The number of nitrogens with zero attached hydrogens (tertiary/aromatic N) is 5. The van der Waals surface area contributed by atoms with E-state index in [0.29, 0.717) is 24.7 Å². The van der Waals surface area contributed by atoms with Crippen molar-refractivity contribution < 1.29 is 4.74 Å². The third-order valence-corrected chi connectivity index (χ3v) is 3.99. The van der Waals surface area contributed by atoms with Crippen LogP contribution in [0.4, 0.5) is 5.82 Å². The van der Waals surface area contributed by atoms with Crippen LogP contribution in [0.1, 0.15) is 17.2 Å². The second kappa shape index (κ2) is 7.71. The van der Waals surface area contributed by atoms with Crippen molar-refractivity contribution in [3.8, 4) is 0 Å². The summed E-state index contributed by atoms with van der Waals surface area (Å²) < 4.78 is 7.34. The summed E-state index contributed by atoms with van der Waals surface area (Å²) in [4.78, 5) is 0. The van der Waals surface area contributed by atoms with Gasteiger partial charge in [0.25, 0.3) is 0 Å². The molecular weight excluding hydrogens is 328 g/mol. The minimum Gasteiger partial charge on any atom is -0.374 e. The highest BCUT2D eigenvalue weighted by Crippen LogP contribution is 2.19. The number of hydrogen-bond donors (Lipinski definition) is 1. The maximum absolute atomic E-state index is 5.94. The molecule has 0 spiro atoms. The molecule has 2 aromatic heterocycles. The fourth-order valence-electron chi connectivity index (χ4n) is 2.68. The van der Waals surface area contributed by atoms with Crippen LogP contribution in [0.25, 0.3) is 5.65 Å². The number of anilines is 1. The van der Waals surface area contributed by atoms with Gasteiger partial charge in [0.05, 0.1) is 19.3 Å². The number of ether oxygens (including phenoxy) is 1. The molecule has 4 aromatic rings. The van der Waals surface area contributed by atoms with E-state index in [1.54, 1.807) is 0 Å². The predicted molar refractivity (Wildman–Crippen MR) is 97.5 cm³/mol. The third kappa shape index (κ3) is 3.84. The lowest BCUT2D eigenvalue weighted by Gasteiger charge is -2.20. The number of fused-ring (bicyclic) bond motifs is 1. The largest absolute Gasteiger partial charge is 0.374 e. The summed E-state index contributed by atoms with van der Waals surface area (Å²) in [6, 6.07) is 23.9. The Morgan fingerprint density at radius 2 is 1.69 bits per heavy atom. The molecule has 0 amide bonds. The first-order valence-electron chi connectivity index (χ1n) is 8.37. The summed E-state index contributed by atoms with van der Waals surface area (Å²) in [5.74, 6) is 0.682. The lowest BCUT2D eigenvalue weighted by molar-refractivity contribution is 0.112. The fourth-order valence-corrected chi connectivity index (χ4v) is 2.68. The van der Waals surface area contributed by atoms with Crippen LogP contribution in [0.2, 0.25) is 0 Å². The second-order valence-corrected chi connectivity index (χ2v) is 5.85. The average Bonchev–Trinajstić information content (AvgIpc) is 3.16. The molecule has 0 radical (unpaired) electrons. The van der Waals surface area contributed by atoms with Gasteiger partial charge in [0.15, 0.2) is 5.65 Å². The first kappa shape index (κ1) is 16.2. The summed E-state index contributed by atoms with van der Waals surface area (Å²) in [7, 11) is 0. The molecule has 0 aliphatic rings. The molecule has 0 unspecified atom stereocenters. The van der Waals surface area contributed by atoms with Crippen LogP contribution in [0.3, 0.4) is 0 Å². The first-order chi connectivity index (χ1) is 12.9. The van der Waals surface area contributed by atoms with Crippen molar-refractivity contribution in [3.05, 3.63) is 83.9 Å². The highest BCUT2D eigenvalue weighted by molar-refractivity contribution is 5.44. The summed E-state index contributed by atoms with van der Waals surface area (Å²) >= 11 is 0. The SMILES string of the molecule is c1ccc(COC[C@@H](Nc2ccc3nnnn3n2)c2ccccc2)cc1. The van der Waals surface area contributed by atoms with E-state index in [1.165, 1.54) is 4.63 Å². The Hall–Kier alpha value is -3.32. The number of rotatable bonds is 7. The average molecular weight is 346 g/mol. The van der Waals surface area contributed by atoms with Crippen LogP contribution < -0.4 is 5.32 Å². The molecule has 0 saturated carbocycles. The van der Waals surface area contributed by atoms with Gasteiger partial charge >= 0.3 is 0 Å². The van der Waals surface area contributed by atoms with E-state index in [-0.39, 0.29) is 6.04 Å². The Morgan fingerprint density at radius 3 is 2.50 bits per heavy atom. The van der Waals surface area contributed by atoms with Gasteiger partial charge in [-0.2, -0.15) is 0 Å². The lowest BCUT2D eigenvalue weighted by Crippen LogP contribution is -2.18. The quantitative estimate of drug-likeness (QED) is 0.554. The minimum atomic E-state index is -0.0404. The van der Waals surface area contributed by atoms with Crippen molar-refractivity contribution in [3.63, 3.8) is 0 Å². The third-order valence-electron chi connectivity index (χ3n) is 3.99. The zero-order valence-corrected chi connectivity index (χ0v) is 14.1. The number of tetrazole rings is 1. The van der Waals surface area contributed by atoms with Crippen LogP contribution in [-0.2, 0) is 11.3 Å². The van der Waals surface area contributed by atoms with Crippen LogP contribution in [0.5, 0.6) is 0 Å². The second-order valence-electron chi connectivity index (χ2n) is 5.85. The van der Waals surface area contributed by atoms with Gasteiger partial charge in [-0.1, -0.05) is 60.7 Å². The van der Waals surface area contributed by atoms with Crippen molar-refractivity contribution in [2.24, 2.45) is 0 Å². The molecule has 2 aromatic carbocycles. The molecule has 7 heteroatoms. The molecule has 0 saturated heterocycles. The van der Waals surface area contributed by atoms with Gasteiger partial charge in [-0.25, -0.2) is 0 Å². The van der Waals surface area contributed by atoms with E-state index in [0.717, 1.165) is 11.1 Å². The Balaban J connectivity index is 1.49. The Morgan fingerprint density at radius 1 is 0.923 bits per heavy atom. The van der Waals surface area contributed by atoms with E-state index < -0.39 is 0 Å². The molecule has 0 aliphatic heterocycles. The summed E-state index contributed by atoms with van der Waals surface area (Å²) in [6.45, 7) is 1.07. The van der Waals surface area contributed by atoms with Crippen LogP contribution in [-0.4, -0.2) is 31.9 Å². The maximum atomic E-state index is 5.94. The Labute approximate surface area is 150 Å². The van der Waals surface area contributed by atoms with Gasteiger partial charge in [0.1, 0.15) is 5.82 Å². The van der Waals surface area contributed by atoms with Crippen molar-refractivity contribution in [2.75, 3.05) is 11.9 Å². The fraction of sp³-hybridized carbons (Fsp3) is 0.158. The van der Waals surface area contributed by atoms with E-state index in [9.17, 15) is 0 Å². The van der Waals surface area contributed by atoms with Gasteiger partial charge in [-0.05, 0) is 33.7 Å². The first-order valence-corrected chi connectivity index (χ1v) is 8.37. The topological polar surface area (TPSA) is 77.2 Å². The number of nitrogens with one attached hydrogen (secondary N) is 1. The van der Waals surface area contributed by atoms with Gasteiger partial charge in [-0.3, -0.25) is 0 Å². The van der Waals surface area contributed by atoms with Crippen molar-refractivity contribution in [2.45, 2.75) is 12.6 Å². The molecule has 130 valence electrons. The predicted octanol–water partition coefficient (Wildman–Crippen LogP) is 2.89. The molecular formula is C19H18N6O. The van der Waals surface area contributed by atoms with Gasteiger partial charge in [-0.15, -0.1) is 14.8 Å². The number of benzene rings is 2. The van der Waals surface area contributed by atoms with E-state index in [4.69, 9.17) is 4.74 Å². The molecule has 1 N–H and O–H groups in total. The molecule has 0 aliphatic carbocycles. The molecule has 2 heterocycles. The smallest absolute Gasteiger partial charge is 0.200 e. The standard InChI is InChI=1S/C19H18N6O/c1-3-7-15(8-4-1)13-26-14-17(16-9-5-2-6-10-16)20-18-11-12-19-21-23-24-25(19)22-18/h1-12,17H,13-14H2,(H,20,22)/t17-/m1/s1. The van der Waals surface area contributed by atoms with Gasteiger partial charge in [0, 0.05) is 0 Å². The molecule has 26 heavy (non-hydrogen) atoms. The normalized spacial score (nSPS) is 12.2. The minimum absolute atomic E-state index is 0.0404. The maximum Gasteiger partial charge on any atom is 0.200 e. The summed E-state index contributed by atoms with van der Waals surface area (Å²) in [6.07, 6.45) is 0. The highest BCUT2D eigenvalue weighted by atomic mass is 16.5. The highest BCUT2D eigenvalue weighted by Gasteiger charge is 2.13. The Kier molecular flexibility index (Phi) is 4.79. The van der Waals surface area contributed by atoms with Crippen molar-refractivity contribution in [1.29, 1.82) is 0 Å². The molecule has 4 rings (SSSR count). The van der Waals surface area contributed by atoms with Crippen LogP contribution in [0.15, 0.2) is 72.8 Å². The van der Waals surface area contributed by atoms with Gasteiger partial charge < -0.3 is 10.1 Å². The number of aromatic nitrogens is 5. The Bertz CT molecular complexity index is 957. The summed E-state index contributed by atoms with van der Waals surface area (Å²) in [5.41, 5.74) is 2.87. The van der Waals surface area contributed by atoms with E-state index >= 15 is 0 Å². The van der Waals surface area contributed by atoms with Crippen LogP contribution >= 0.6 is 0 Å². The van der Waals surface area contributed by atoms with Crippen LogP contribution in [0, 0.1) is 0 Å².